The number of rotatable bonds is 5. The van der Waals surface area contributed by atoms with Crippen LogP contribution in [0, 0.1) is 5.92 Å². The van der Waals surface area contributed by atoms with Crippen molar-refractivity contribution in [3.63, 3.8) is 0 Å². The van der Waals surface area contributed by atoms with E-state index in [9.17, 15) is 4.79 Å². The smallest absolute Gasteiger partial charge is 0.223 e. The molecule has 1 amide bonds. The highest BCUT2D eigenvalue weighted by atomic mass is 16.7. The minimum atomic E-state index is -0.359. The average molecular weight is 187 g/mol. The van der Waals surface area contributed by atoms with E-state index in [0.29, 0.717) is 0 Å². The minimum absolute atomic E-state index is 0.0944. The van der Waals surface area contributed by atoms with Crippen LogP contribution in [0.4, 0.5) is 0 Å². The summed E-state index contributed by atoms with van der Waals surface area (Å²) in [7, 11) is 3.13. The summed E-state index contributed by atoms with van der Waals surface area (Å²) in [5.41, 5.74) is 0. The fraction of sp³-hybridized carbons (Fsp3) is 0.889. The first-order valence-electron chi connectivity index (χ1n) is 4.55. The Morgan fingerprint density at radius 1 is 1.38 bits per heavy atom. The van der Waals surface area contributed by atoms with Gasteiger partial charge in [-0.05, 0) is 19.8 Å². The highest BCUT2D eigenvalue weighted by molar-refractivity contribution is 5.81. The van der Waals surface area contributed by atoms with Crippen molar-refractivity contribution in [1.82, 2.24) is 5.32 Å². The number of carbonyl (C=O) groups is 1. The quantitative estimate of drug-likeness (QED) is 0.638. The zero-order valence-corrected chi connectivity index (χ0v) is 8.37. The molecule has 4 heteroatoms. The highest BCUT2D eigenvalue weighted by Gasteiger charge is 2.31. The molecule has 0 aromatic carbocycles. The van der Waals surface area contributed by atoms with Crippen molar-refractivity contribution in [2.45, 2.75) is 32.1 Å². The molecule has 1 N–H and O–H groups in total. The fourth-order valence-corrected chi connectivity index (χ4v) is 1.26. The van der Waals surface area contributed by atoms with Gasteiger partial charge in [0, 0.05) is 20.1 Å². The van der Waals surface area contributed by atoms with Crippen LogP contribution in [0.2, 0.25) is 0 Å². The van der Waals surface area contributed by atoms with E-state index in [2.05, 4.69) is 5.32 Å². The molecular weight excluding hydrogens is 170 g/mol. The van der Waals surface area contributed by atoms with Crippen molar-refractivity contribution in [2.24, 2.45) is 5.92 Å². The first-order chi connectivity index (χ1) is 6.19. The van der Waals surface area contributed by atoms with E-state index in [1.807, 2.05) is 6.92 Å². The zero-order valence-electron chi connectivity index (χ0n) is 8.37. The van der Waals surface area contributed by atoms with Crippen LogP contribution >= 0.6 is 0 Å². The van der Waals surface area contributed by atoms with Crippen molar-refractivity contribution in [1.29, 1.82) is 0 Å². The van der Waals surface area contributed by atoms with Gasteiger partial charge in [0.05, 0.1) is 6.04 Å². The molecule has 0 radical (unpaired) electrons. The fourth-order valence-electron chi connectivity index (χ4n) is 1.26. The maximum absolute atomic E-state index is 11.3. The third kappa shape index (κ3) is 2.97. The lowest BCUT2D eigenvalue weighted by Crippen LogP contribution is -2.43. The number of ether oxygens (including phenoxy) is 2. The Labute approximate surface area is 78.6 Å². The number of nitrogens with one attached hydrogen (secondary N) is 1. The lowest BCUT2D eigenvalue weighted by atomic mass is 10.3. The standard InChI is InChI=1S/C9H17NO3/c1-6(9(12-2)13-3)10-8(11)7-4-5-7/h6-7,9H,4-5H2,1-3H3,(H,10,11). The average Bonchev–Trinajstić information content (AvgIpc) is 2.88. The Morgan fingerprint density at radius 3 is 2.31 bits per heavy atom. The SMILES string of the molecule is COC(OC)C(C)NC(=O)C1CC1. The van der Waals surface area contributed by atoms with Gasteiger partial charge in [-0.2, -0.15) is 0 Å². The molecule has 1 fully saturated rings. The van der Waals surface area contributed by atoms with Gasteiger partial charge in [0.15, 0.2) is 6.29 Å². The molecule has 1 atom stereocenters. The molecule has 0 saturated heterocycles. The van der Waals surface area contributed by atoms with Gasteiger partial charge in [-0.1, -0.05) is 0 Å². The van der Waals surface area contributed by atoms with Gasteiger partial charge in [0.2, 0.25) is 5.91 Å². The van der Waals surface area contributed by atoms with Crippen molar-refractivity contribution in [3.8, 4) is 0 Å². The third-order valence-corrected chi connectivity index (χ3v) is 2.19. The van der Waals surface area contributed by atoms with Crippen LogP contribution in [0.15, 0.2) is 0 Å². The van der Waals surface area contributed by atoms with Crippen molar-refractivity contribution in [3.05, 3.63) is 0 Å². The molecule has 13 heavy (non-hydrogen) atoms. The van der Waals surface area contributed by atoms with E-state index < -0.39 is 0 Å². The number of amides is 1. The Morgan fingerprint density at radius 2 is 1.92 bits per heavy atom. The first kappa shape index (κ1) is 10.5. The summed E-state index contributed by atoms with van der Waals surface area (Å²) in [6.45, 7) is 1.87. The summed E-state index contributed by atoms with van der Waals surface area (Å²) in [4.78, 5) is 11.3. The molecule has 1 aliphatic rings. The van der Waals surface area contributed by atoms with Gasteiger partial charge in [0.1, 0.15) is 0 Å². The Bertz CT molecular complexity index is 176. The van der Waals surface area contributed by atoms with Crippen molar-refractivity contribution in [2.75, 3.05) is 14.2 Å². The van der Waals surface area contributed by atoms with Gasteiger partial charge in [-0.3, -0.25) is 4.79 Å². The van der Waals surface area contributed by atoms with Gasteiger partial charge in [-0.25, -0.2) is 0 Å². The monoisotopic (exact) mass is 187 g/mol. The lowest BCUT2D eigenvalue weighted by Gasteiger charge is -2.21. The molecule has 0 bridgehead atoms. The van der Waals surface area contributed by atoms with Gasteiger partial charge in [-0.15, -0.1) is 0 Å². The Balaban J connectivity index is 2.29. The molecule has 0 aliphatic heterocycles. The van der Waals surface area contributed by atoms with Gasteiger partial charge >= 0.3 is 0 Å². The molecule has 4 nitrogen and oxygen atoms in total. The maximum atomic E-state index is 11.3. The minimum Gasteiger partial charge on any atom is -0.354 e. The second-order valence-electron chi connectivity index (χ2n) is 3.41. The third-order valence-electron chi connectivity index (χ3n) is 2.19. The number of methoxy groups -OCH3 is 2. The predicted octanol–water partition coefficient (Wildman–Crippen LogP) is 0.520. The van der Waals surface area contributed by atoms with E-state index >= 15 is 0 Å². The van der Waals surface area contributed by atoms with E-state index in [4.69, 9.17) is 9.47 Å². The van der Waals surface area contributed by atoms with Crippen LogP contribution in [-0.4, -0.2) is 32.5 Å². The van der Waals surface area contributed by atoms with Crippen molar-refractivity contribution >= 4 is 5.91 Å². The normalized spacial score (nSPS) is 18.8. The maximum Gasteiger partial charge on any atom is 0.223 e. The van der Waals surface area contributed by atoms with Crippen LogP contribution in [0.1, 0.15) is 19.8 Å². The van der Waals surface area contributed by atoms with Crippen molar-refractivity contribution < 1.29 is 14.3 Å². The van der Waals surface area contributed by atoms with E-state index in [0.717, 1.165) is 12.8 Å². The largest absolute Gasteiger partial charge is 0.354 e. The number of hydrogen-bond acceptors (Lipinski definition) is 3. The van der Waals surface area contributed by atoms with Crippen LogP contribution in [0.25, 0.3) is 0 Å². The summed E-state index contributed by atoms with van der Waals surface area (Å²) in [5.74, 6) is 0.350. The van der Waals surface area contributed by atoms with Crippen LogP contribution in [0.5, 0.6) is 0 Å². The first-order valence-corrected chi connectivity index (χ1v) is 4.55. The molecule has 76 valence electrons. The van der Waals surface area contributed by atoms with Crippen LogP contribution in [0.3, 0.4) is 0 Å². The highest BCUT2D eigenvalue weighted by Crippen LogP contribution is 2.28. The number of carbonyl (C=O) groups excluding carboxylic acids is 1. The van der Waals surface area contributed by atoms with Crippen LogP contribution < -0.4 is 5.32 Å². The number of hydrogen-bond donors (Lipinski definition) is 1. The van der Waals surface area contributed by atoms with Gasteiger partial charge < -0.3 is 14.8 Å². The van der Waals surface area contributed by atoms with E-state index in [-0.39, 0.29) is 24.2 Å². The van der Waals surface area contributed by atoms with Gasteiger partial charge in [0.25, 0.3) is 0 Å². The molecule has 0 aromatic rings. The zero-order chi connectivity index (χ0) is 9.84. The van der Waals surface area contributed by atoms with E-state index in [1.54, 1.807) is 14.2 Å². The molecule has 0 aromatic heterocycles. The summed E-state index contributed by atoms with van der Waals surface area (Å²) in [5, 5.41) is 2.85. The molecule has 1 aliphatic carbocycles. The predicted molar refractivity (Wildman–Crippen MR) is 48.1 cm³/mol. The van der Waals surface area contributed by atoms with E-state index in [1.165, 1.54) is 0 Å². The molecule has 1 rings (SSSR count). The topological polar surface area (TPSA) is 47.6 Å². The lowest BCUT2D eigenvalue weighted by molar-refractivity contribution is -0.136. The second-order valence-corrected chi connectivity index (χ2v) is 3.41. The Kier molecular flexibility index (Phi) is 3.69. The summed E-state index contributed by atoms with van der Waals surface area (Å²) >= 11 is 0. The second kappa shape index (κ2) is 4.58. The summed E-state index contributed by atoms with van der Waals surface area (Å²) in [6, 6.07) is -0.0944. The molecule has 1 unspecified atom stereocenters. The summed E-state index contributed by atoms with van der Waals surface area (Å²) in [6.07, 6.45) is 1.68. The molecule has 0 spiro atoms. The van der Waals surface area contributed by atoms with Crippen LogP contribution in [-0.2, 0) is 14.3 Å². The molecular formula is C9H17NO3. The summed E-state index contributed by atoms with van der Waals surface area (Å²) < 4.78 is 10.1. The Hall–Kier alpha value is -0.610. The molecule has 0 heterocycles. The molecule has 1 saturated carbocycles.